The number of hydrogen-bond donors (Lipinski definition) is 1. The van der Waals surface area contributed by atoms with Gasteiger partial charge in [-0.3, -0.25) is 4.79 Å². The first-order chi connectivity index (χ1) is 12.6. The van der Waals surface area contributed by atoms with E-state index in [0.717, 1.165) is 17.0 Å². The molecule has 0 unspecified atom stereocenters. The molecule has 1 heterocycles. The van der Waals surface area contributed by atoms with Crippen LogP contribution in [0.25, 0.3) is 11.4 Å². The number of ether oxygens (including phenoxy) is 1. The Kier molecular flexibility index (Phi) is 5.58. The Labute approximate surface area is 156 Å². The normalized spacial score (nSPS) is 11.8. The second-order valence-corrected chi connectivity index (χ2v) is 6.99. The number of methoxy groups -OCH3 is 1. The van der Waals surface area contributed by atoms with Crippen LogP contribution in [0.2, 0.25) is 0 Å². The minimum absolute atomic E-state index is 0.0805. The Hall–Kier alpha value is -2.80. The maximum Gasteiger partial charge on any atom is 0.237 e. The van der Waals surface area contributed by atoms with Gasteiger partial charge in [0.15, 0.2) is 11.0 Å². The zero-order chi connectivity index (χ0) is 18.5. The molecule has 0 aliphatic carbocycles. The fourth-order valence-electron chi connectivity index (χ4n) is 2.46. The lowest BCUT2D eigenvalue weighted by Crippen LogP contribution is -2.22. The van der Waals surface area contributed by atoms with Crippen molar-refractivity contribution in [1.82, 2.24) is 14.8 Å². The highest BCUT2D eigenvalue weighted by Gasteiger charge is 2.20. The molecule has 134 valence electrons. The van der Waals surface area contributed by atoms with E-state index in [4.69, 9.17) is 4.74 Å². The van der Waals surface area contributed by atoms with Crippen molar-refractivity contribution in [2.45, 2.75) is 17.3 Å². The van der Waals surface area contributed by atoms with Gasteiger partial charge in [0.2, 0.25) is 5.91 Å². The van der Waals surface area contributed by atoms with Gasteiger partial charge in [-0.1, -0.05) is 42.1 Å². The molecule has 0 aliphatic heterocycles. The summed E-state index contributed by atoms with van der Waals surface area (Å²) in [6, 6.07) is 17.0. The Morgan fingerprint density at radius 2 is 1.81 bits per heavy atom. The van der Waals surface area contributed by atoms with Gasteiger partial charge in [0.1, 0.15) is 5.75 Å². The summed E-state index contributed by atoms with van der Waals surface area (Å²) in [6.45, 7) is 1.85. The van der Waals surface area contributed by atoms with Gasteiger partial charge in [0, 0.05) is 12.7 Å². The van der Waals surface area contributed by atoms with Gasteiger partial charge >= 0.3 is 0 Å². The summed E-state index contributed by atoms with van der Waals surface area (Å²) in [5, 5.41) is 11.8. The van der Waals surface area contributed by atoms with Crippen molar-refractivity contribution in [2.24, 2.45) is 7.05 Å². The molecule has 0 radical (unpaired) electrons. The number of nitrogens with zero attached hydrogens (tertiary/aromatic N) is 3. The quantitative estimate of drug-likeness (QED) is 0.673. The Morgan fingerprint density at radius 1 is 1.12 bits per heavy atom. The van der Waals surface area contributed by atoms with Crippen molar-refractivity contribution in [3.05, 3.63) is 54.6 Å². The van der Waals surface area contributed by atoms with Crippen LogP contribution in [-0.4, -0.2) is 33.0 Å². The monoisotopic (exact) mass is 368 g/mol. The summed E-state index contributed by atoms with van der Waals surface area (Å²) in [5.41, 5.74) is 1.64. The van der Waals surface area contributed by atoms with Crippen molar-refractivity contribution in [1.29, 1.82) is 0 Å². The Balaban J connectivity index is 1.75. The molecule has 1 aromatic heterocycles. The van der Waals surface area contributed by atoms with Crippen LogP contribution in [0.15, 0.2) is 59.8 Å². The fourth-order valence-corrected chi connectivity index (χ4v) is 3.27. The molecule has 0 bridgehead atoms. The van der Waals surface area contributed by atoms with Crippen LogP contribution >= 0.6 is 11.8 Å². The summed E-state index contributed by atoms with van der Waals surface area (Å²) in [6.07, 6.45) is 0. The molecule has 1 amide bonds. The number of rotatable bonds is 6. The molecule has 2 aromatic carbocycles. The summed E-state index contributed by atoms with van der Waals surface area (Å²) in [7, 11) is 3.51. The molecular weight excluding hydrogens is 348 g/mol. The van der Waals surface area contributed by atoms with Gasteiger partial charge in [0.25, 0.3) is 0 Å². The number of carbonyl (C=O) groups excluding carboxylic acids is 1. The molecule has 0 fully saturated rings. The van der Waals surface area contributed by atoms with E-state index in [1.807, 2.05) is 73.1 Å². The zero-order valence-corrected chi connectivity index (χ0v) is 15.7. The van der Waals surface area contributed by atoms with Crippen LogP contribution in [0.3, 0.4) is 0 Å². The largest absolute Gasteiger partial charge is 0.496 e. The number of benzene rings is 2. The highest BCUT2D eigenvalue weighted by Crippen LogP contribution is 2.31. The summed E-state index contributed by atoms with van der Waals surface area (Å²) >= 11 is 1.36. The van der Waals surface area contributed by atoms with E-state index < -0.39 is 0 Å². The summed E-state index contributed by atoms with van der Waals surface area (Å²) < 4.78 is 7.27. The first kappa shape index (κ1) is 18.0. The smallest absolute Gasteiger partial charge is 0.237 e. The molecule has 7 heteroatoms. The molecule has 0 aliphatic rings. The van der Waals surface area contributed by atoms with E-state index in [9.17, 15) is 4.79 Å². The van der Waals surface area contributed by atoms with Gasteiger partial charge in [-0.05, 0) is 31.2 Å². The van der Waals surface area contributed by atoms with E-state index >= 15 is 0 Å². The van der Waals surface area contributed by atoms with Crippen LogP contribution in [0.1, 0.15) is 6.92 Å². The maximum atomic E-state index is 12.4. The standard InChI is InChI=1S/C19H20N4O2S/c1-13(18(24)20-14-9-5-4-6-10-14)26-19-22-21-17(23(19)2)15-11-7-8-12-16(15)25-3/h4-13H,1-3H3,(H,20,24)/t13-/m1/s1. The number of carbonyl (C=O) groups is 1. The molecule has 0 saturated heterocycles. The minimum Gasteiger partial charge on any atom is -0.496 e. The molecule has 1 atom stereocenters. The number of thioether (sulfide) groups is 1. The lowest BCUT2D eigenvalue weighted by Gasteiger charge is -2.12. The van der Waals surface area contributed by atoms with Crippen molar-refractivity contribution < 1.29 is 9.53 Å². The third-order valence-corrected chi connectivity index (χ3v) is 5.01. The summed E-state index contributed by atoms with van der Waals surface area (Å²) in [4.78, 5) is 12.4. The summed E-state index contributed by atoms with van der Waals surface area (Å²) in [5.74, 6) is 1.35. The zero-order valence-electron chi connectivity index (χ0n) is 14.8. The van der Waals surface area contributed by atoms with Crippen LogP contribution in [0.5, 0.6) is 5.75 Å². The second kappa shape index (κ2) is 8.05. The van der Waals surface area contributed by atoms with E-state index in [0.29, 0.717) is 11.0 Å². The first-order valence-corrected chi connectivity index (χ1v) is 9.03. The van der Waals surface area contributed by atoms with Gasteiger partial charge in [-0.15, -0.1) is 10.2 Å². The van der Waals surface area contributed by atoms with Gasteiger partial charge in [-0.25, -0.2) is 0 Å². The number of anilines is 1. The number of hydrogen-bond acceptors (Lipinski definition) is 5. The molecular formula is C19H20N4O2S. The SMILES string of the molecule is COc1ccccc1-c1nnc(S[C@H](C)C(=O)Nc2ccccc2)n1C. The fraction of sp³-hybridized carbons (Fsp3) is 0.211. The Morgan fingerprint density at radius 3 is 2.54 bits per heavy atom. The van der Waals surface area contributed by atoms with Gasteiger partial charge in [0.05, 0.1) is 17.9 Å². The van der Waals surface area contributed by atoms with Crippen molar-refractivity contribution in [2.75, 3.05) is 12.4 Å². The predicted molar refractivity (Wildman–Crippen MR) is 103 cm³/mol. The molecule has 6 nitrogen and oxygen atoms in total. The van der Waals surface area contributed by atoms with Crippen LogP contribution < -0.4 is 10.1 Å². The van der Waals surface area contributed by atoms with Crippen LogP contribution in [-0.2, 0) is 11.8 Å². The average molecular weight is 368 g/mol. The maximum absolute atomic E-state index is 12.4. The molecule has 3 rings (SSSR count). The molecule has 0 spiro atoms. The lowest BCUT2D eigenvalue weighted by molar-refractivity contribution is -0.115. The molecule has 3 aromatic rings. The van der Waals surface area contributed by atoms with Crippen LogP contribution in [0.4, 0.5) is 5.69 Å². The van der Waals surface area contributed by atoms with E-state index in [-0.39, 0.29) is 11.2 Å². The minimum atomic E-state index is -0.316. The molecule has 0 saturated carbocycles. The number of amides is 1. The number of aromatic nitrogens is 3. The van der Waals surface area contributed by atoms with Crippen molar-refractivity contribution in [3.8, 4) is 17.1 Å². The van der Waals surface area contributed by atoms with Gasteiger partial charge in [-0.2, -0.15) is 0 Å². The molecule has 26 heavy (non-hydrogen) atoms. The van der Waals surface area contributed by atoms with Gasteiger partial charge < -0.3 is 14.6 Å². The van der Waals surface area contributed by atoms with Crippen LogP contribution in [0, 0.1) is 0 Å². The third-order valence-electron chi connectivity index (χ3n) is 3.88. The third kappa shape index (κ3) is 3.88. The van der Waals surface area contributed by atoms with Crippen molar-refractivity contribution in [3.63, 3.8) is 0 Å². The number of nitrogens with one attached hydrogen (secondary N) is 1. The van der Waals surface area contributed by atoms with E-state index in [2.05, 4.69) is 15.5 Å². The predicted octanol–water partition coefficient (Wildman–Crippen LogP) is 3.61. The highest BCUT2D eigenvalue weighted by molar-refractivity contribution is 8.00. The van der Waals surface area contributed by atoms with E-state index in [1.165, 1.54) is 11.8 Å². The second-order valence-electron chi connectivity index (χ2n) is 5.68. The first-order valence-electron chi connectivity index (χ1n) is 8.15. The topological polar surface area (TPSA) is 69.0 Å². The average Bonchev–Trinajstić information content (AvgIpc) is 3.02. The van der Waals surface area contributed by atoms with Crippen molar-refractivity contribution >= 4 is 23.4 Å². The number of para-hydroxylation sites is 2. The van der Waals surface area contributed by atoms with E-state index in [1.54, 1.807) is 7.11 Å². The Bertz CT molecular complexity index is 896. The highest BCUT2D eigenvalue weighted by atomic mass is 32.2. The lowest BCUT2D eigenvalue weighted by atomic mass is 10.2. The molecule has 1 N–H and O–H groups in total.